The molecule has 2 amide bonds. The van der Waals surface area contributed by atoms with E-state index in [0.717, 1.165) is 19.3 Å². The third-order valence-electron chi connectivity index (χ3n) is 8.14. The highest BCUT2D eigenvalue weighted by molar-refractivity contribution is 6.38. The van der Waals surface area contributed by atoms with Crippen LogP contribution >= 0.6 is 46.4 Å². The van der Waals surface area contributed by atoms with Crippen molar-refractivity contribution < 1.29 is 19.5 Å². The molecule has 2 saturated heterocycles. The van der Waals surface area contributed by atoms with Crippen LogP contribution in [0.15, 0.2) is 30.3 Å². The van der Waals surface area contributed by atoms with Crippen LogP contribution in [0.4, 0.5) is 11.4 Å². The van der Waals surface area contributed by atoms with E-state index in [1.165, 1.54) is 6.07 Å². The topological polar surface area (TPSA) is 90.0 Å². The van der Waals surface area contributed by atoms with Crippen LogP contribution < -0.4 is 10.2 Å². The van der Waals surface area contributed by atoms with Gasteiger partial charge in [0, 0.05) is 38.9 Å². The molecule has 7 nitrogen and oxygen atoms in total. The minimum absolute atomic E-state index is 0.228. The number of nitrogens with zero attached hydrogens (tertiary/aromatic N) is 2. The van der Waals surface area contributed by atoms with Gasteiger partial charge in [-0.05, 0) is 68.5 Å². The fraction of sp³-hybridized carbons (Fsp3) is 0.423. The zero-order valence-electron chi connectivity index (χ0n) is 19.5. The Morgan fingerprint density at radius 1 is 1.03 bits per heavy atom. The van der Waals surface area contributed by atoms with Gasteiger partial charge in [0.25, 0.3) is 5.91 Å². The standard InChI is InChI=1S/C26H23Cl4N3O4/c27-13-6-14(28)8-16(7-13)32(11-12-3-4-12)23(34)20-19-2-1-5-33(19)26(21(20)24(35)36)17-9-15(29)10-18(30)22(17)31-25(26)37/h6-10,12,19-21H,1-5,11H2,(H,31,37)(H,35,36)/t19-,20+,21-,26?/m0/s1. The van der Waals surface area contributed by atoms with E-state index in [1.807, 2.05) is 4.90 Å². The first kappa shape index (κ1) is 25.3. The lowest BCUT2D eigenvalue weighted by Crippen LogP contribution is -2.53. The Hall–Kier alpha value is -2.03. The highest BCUT2D eigenvalue weighted by Gasteiger charge is 2.71. The fourth-order valence-electron chi connectivity index (χ4n) is 6.59. The van der Waals surface area contributed by atoms with Crippen molar-refractivity contribution in [2.45, 2.75) is 37.3 Å². The van der Waals surface area contributed by atoms with Gasteiger partial charge in [0.2, 0.25) is 5.91 Å². The molecule has 1 unspecified atom stereocenters. The summed E-state index contributed by atoms with van der Waals surface area (Å²) < 4.78 is 0. The number of rotatable bonds is 5. The van der Waals surface area contributed by atoms with Gasteiger partial charge >= 0.3 is 5.97 Å². The van der Waals surface area contributed by atoms with Gasteiger partial charge in [0.05, 0.1) is 16.6 Å². The number of carbonyl (C=O) groups is 3. The number of hydrogen-bond donors (Lipinski definition) is 2. The molecule has 37 heavy (non-hydrogen) atoms. The number of halogens is 4. The maximum absolute atomic E-state index is 14.4. The fourth-order valence-corrected chi connectivity index (χ4v) is 7.64. The lowest BCUT2D eigenvalue weighted by atomic mass is 9.73. The summed E-state index contributed by atoms with van der Waals surface area (Å²) in [5.41, 5.74) is -0.331. The van der Waals surface area contributed by atoms with Gasteiger partial charge < -0.3 is 15.3 Å². The average molecular weight is 583 g/mol. The molecule has 0 bridgehead atoms. The molecule has 0 aromatic heterocycles. The summed E-state index contributed by atoms with van der Waals surface area (Å²) in [5, 5.41) is 14.7. The van der Waals surface area contributed by atoms with Crippen molar-refractivity contribution in [1.82, 2.24) is 4.90 Å². The van der Waals surface area contributed by atoms with E-state index in [-0.39, 0.29) is 10.9 Å². The van der Waals surface area contributed by atoms with Gasteiger partial charge in [0.1, 0.15) is 11.5 Å². The van der Waals surface area contributed by atoms with E-state index in [0.29, 0.717) is 57.4 Å². The molecule has 2 N–H and O–H groups in total. The van der Waals surface area contributed by atoms with Crippen molar-refractivity contribution in [2.75, 3.05) is 23.3 Å². The number of carboxylic acid groups (broad SMARTS) is 1. The van der Waals surface area contributed by atoms with E-state index in [4.69, 9.17) is 46.4 Å². The first-order valence-electron chi connectivity index (χ1n) is 12.2. The number of hydrogen-bond acceptors (Lipinski definition) is 4. The highest BCUT2D eigenvalue weighted by Crippen LogP contribution is 2.59. The molecule has 4 aliphatic rings. The first-order chi connectivity index (χ1) is 17.6. The second-order valence-corrected chi connectivity index (χ2v) is 12.0. The predicted octanol–water partition coefficient (Wildman–Crippen LogP) is 5.69. The number of fused-ring (bicyclic) bond motifs is 4. The van der Waals surface area contributed by atoms with Crippen molar-refractivity contribution in [3.05, 3.63) is 56.0 Å². The summed E-state index contributed by atoms with van der Waals surface area (Å²) in [6, 6.07) is 7.58. The van der Waals surface area contributed by atoms with Crippen LogP contribution in [0.1, 0.15) is 31.2 Å². The minimum Gasteiger partial charge on any atom is -0.481 e. The Morgan fingerprint density at radius 2 is 1.70 bits per heavy atom. The van der Waals surface area contributed by atoms with Crippen LogP contribution in [0.2, 0.25) is 20.1 Å². The van der Waals surface area contributed by atoms with Crippen molar-refractivity contribution in [1.29, 1.82) is 0 Å². The Balaban J connectivity index is 1.51. The van der Waals surface area contributed by atoms with Crippen LogP contribution in [0.25, 0.3) is 0 Å². The molecule has 1 saturated carbocycles. The van der Waals surface area contributed by atoms with Gasteiger partial charge in [0.15, 0.2) is 0 Å². The lowest BCUT2D eigenvalue weighted by molar-refractivity contribution is -0.152. The summed E-state index contributed by atoms with van der Waals surface area (Å²) in [5.74, 6) is -4.08. The van der Waals surface area contributed by atoms with E-state index >= 15 is 0 Å². The molecule has 1 aliphatic carbocycles. The Kier molecular flexibility index (Phi) is 6.16. The average Bonchev–Trinajstić information content (AvgIpc) is 3.30. The molecule has 6 rings (SSSR count). The Bertz CT molecular complexity index is 1330. The van der Waals surface area contributed by atoms with Gasteiger partial charge in [-0.2, -0.15) is 0 Å². The Labute approximate surface area is 233 Å². The number of amides is 2. The normalized spacial score (nSPS) is 28.3. The number of carboxylic acids is 1. The first-order valence-corrected chi connectivity index (χ1v) is 13.7. The smallest absolute Gasteiger partial charge is 0.310 e. The summed E-state index contributed by atoms with van der Waals surface area (Å²) in [6.45, 7) is 0.902. The van der Waals surface area contributed by atoms with Crippen LogP contribution in [0.3, 0.4) is 0 Å². The van der Waals surface area contributed by atoms with Crippen molar-refractivity contribution in [3.63, 3.8) is 0 Å². The maximum atomic E-state index is 14.4. The third kappa shape index (κ3) is 3.85. The molecular weight excluding hydrogens is 560 g/mol. The summed E-state index contributed by atoms with van der Waals surface area (Å²) in [7, 11) is 0. The molecule has 2 aromatic rings. The minimum atomic E-state index is -1.60. The molecule has 1 spiro atoms. The second-order valence-electron chi connectivity index (χ2n) is 10.3. The summed E-state index contributed by atoms with van der Waals surface area (Å²) >= 11 is 25.3. The Morgan fingerprint density at radius 3 is 2.35 bits per heavy atom. The number of carbonyl (C=O) groups excluding carboxylic acids is 2. The zero-order chi connectivity index (χ0) is 26.2. The number of anilines is 2. The highest BCUT2D eigenvalue weighted by atomic mass is 35.5. The molecule has 2 aromatic carbocycles. The van der Waals surface area contributed by atoms with Crippen LogP contribution in [0, 0.1) is 17.8 Å². The zero-order valence-corrected chi connectivity index (χ0v) is 22.5. The van der Waals surface area contributed by atoms with E-state index in [1.54, 1.807) is 29.2 Å². The molecule has 0 radical (unpaired) electrons. The molecule has 4 atom stereocenters. The number of aliphatic carboxylic acids is 1. The molecule has 3 heterocycles. The van der Waals surface area contributed by atoms with E-state index < -0.39 is 35.3 Å². The van der Waals surface area contributed by atoms with Gasteiger partial charge in [-0.1, -0.05) is 46.4 Å². The predicted molar refractivity (Wildman–Crippen MR) is 143 cm³/mol. The van der Waals surface area contributed by atoms with Gasteiger partial charge in [-0.25, -0.2) is 0 Å². The van der Waals surface area contributed by atoms with Crippen molar-refractivity contribution in [3.8, 4) is 0 Å². The van der Waals surface area contributed by atoms with Crippen molar-refractivity contribution >= 4 is 75.6 Å². The molecule has 3 aliphatic heterocycles. The van der Waals surface area contributed by atoms with E-state index in [2.05, 4.69) is 5.32 Å². The maximum Gasteiger partial charge on any atom is 0.310 e. The summed E-state index contributed by atoms with van der Waals surface area (Å²) in [6.07, 6.45) is 3.28. The number of benzene rings is 2. The largest absolute Gasteiger partial charge is 0.481 e. The lowest BCUT2D eigenvalue weighted by Gasteiger charge is -2.35. The van der Waals surface area contributed by atoms with E-state index in [9.17, 15) is 19.5 Å². The monoisotopic (exact) mass is 581 g/mol. The SMILES string of the molecule is O=C(O)[C@@H]1[C@H](C(=O)N(CC2CC2)c2cc(Cl)cc(Cl)c2)[C@@H]2CCCN2C12C(=O)Nc1c(Cl)cc(Cl)cc12. The quantitative estimate of drug-likeness (QED) is 0.473. The molecule has 3 fully saturated rings. The molecule has 11 heteroatoms. The third-order valence-corrected chi connectivity index (χ3v) is 9.09. The van der Waals surface area contributed by atoms with Gasteiger partial charge in [-0.3, -0.25) is 19.3 Å². The number of nitrogens with one attached hydrogen (secondary N) is 1. The second kappa shape index (κ2) is 9.02. The van der Waals surface area contributed by atoms with Crippen LogP contribution in [-0.4, -0.2) is 46.9 Å². The molecular formula is C26H23Cl4N3O4. The van der Waals surface area contributed by atoms with Crippen LogP contribution in [-0.2, 0) is 19.9 Å². The molecule has 194 valence electrons. The summed E-state index contributed by atoms with van der Waals surface area (Å²) in [4.78, 5) is 44.8. The van der Waals surface area contributed by atoms with Gasteiger partial charge in [-0.15, -0.1) is 0 Å². The van der Waals surface area contributed by atoms with Crippen LogP contribution in [0.5, 0.6) is 0 Å². The van der Waals surface area contributed by atoms with Crippen molar-refractivity contribution in [2.24, 2.45) is 17.8 Å².